The maximum atomic E-state index is 13.5. The molecule has 0 aliphatic rings. The Morgan fingerprint density at radius 2 is 1.41 bits per heavy atom. The molecule has 5 nitrogen and oxygen atoms in total. The van der Waals surface area contributed by atoms with Crippen molar-refractivity contribution in [3.63, 3.8) is 0 Å². The van der Waals surface area contributed by atoms with Crippen LogP contribution in [0, 0.1) is 19.7 Å². The molecule has 0 atom stereocenters. The lowest BCUT2D eigenvalue weighted by molar-refractivity contribution is 0.585. The first-order valence-corrected chi connectivity index (χ1v) is 11.5. The van der Waals surface area contributed by atoms with E-state index in [1.54, 1.807) is 66.9 Å². The van der Waals surface area contributed by atoms with E-state index in [0.29, 0.717) is 17.1 Å². The summed E-state index contributed by atoms with van der Waals surface area (Å²) < 4.78 is 42.9. The van der Waals surface area contributed by atoms with Crippen molar-refractivity contribution in [2.75, 3.05) is 0 Å². The summed E-state index contributed by atoms with van der Waals surface area (Å²) in [6.07, 6.45) is 1.85. The van der Waals surface area contributed by atoms with E-state index in [1.807, 2.05) is 24.4 Å². The molecule has 32 heavy (non-hydrogen) atoms. The first-order valence-electron chi connectivity index (χ1n) is 10.1. The number of halogens is 1. The summed E-state index contributed by atoms with van der Waals surface area (Å²) in [5, 5.41) is 4.70. The molecule has 0 N–H and O–H groups in total. The second-order valence-electron chi connectivity index (χ2n) is 7.67. The van der Waals surface area contributed by atoms with Gasteiger partial charge in [-0.1, -0.05) is 18.2 Å². The first kappa shape index (κ1) is 20.2. The Hall–Kier alpha value is -3.71. The van der Waals surface area contributed by atoms with Crippen LogP contribution in [0.25, 0.3) is 27.9 Å². The van der Waals surface area contributed by atoms with Gasteiger partial charge in [-0.15, -0.1) is 0 Å². The van der Waals surface area contributed by atoms with Gasteiger partial charge >= 0.3 is 0 Å². The standard InChI is InChI=1S/C25H20FN3O2S/c1-17-6-7-18(2)29(17)32(30,31)22-14-10-19(11-15-22)24-23-5-3-4-16-28(23)27-25(24)20-8-12-21(26)13-9-20/h3-16H,1-2H3. The average molecular weight is 446 g/mol. The number of fused-ring (bicyclic) bond motifs is 1. The highest BCUT2D eigenvalue weighted by Crippen LogP contribution is 2.35. The Bertz CT molecular complexity index is 1530. The van der Waals surface area contributed by atoms with Gasteiger partial charge in [0.1, 0.15) is 11.5 Å². The topological polar surface area (TPSA) is 56.4 Å². The van der Waals surface area contributed by atoms with Crippen LogP contribution in [0.2, 0.25) is 0 Å². The maximum absolute atomic E-state index is 13.5. The van der Waals surface area contributed by atoms with E-state index in [0.717, 1.165) is 22.2 Å². The molecule has 5 rings (SSSR count). The Morgan fingerprint density at radius 3 is 2.06 bits per heavy atom. The summed E-state index contributed by atoms with van der Waals surface area (Å²) in [5.41, 5.74) is 5.35. The van der Waals surface area contributed by atoms with Crippen LogP contribution in [0.4, 0.5) is 4.39 Å². The van der Waals surface area contributed by atoms with Crippen LogP contribution in [0.3, 0.4) is 0 Å². The number of hydrogen-bond acceptors (Lipinski definition) is 3. The van der Waals surface area contributed by atoms with E-state index >= 15 is 0 Å². The fraction of sp³-hybridized carbons (Fsp3) is 0.0800. The van der Waals surface area contributed by atoms with Gasteiger partial charge in [-0.2, -0.15) is 5.10 Å². The van der Waals surface area contributed by atoms with Gasteiger partial charge < -0.3 is 0 Å². The van der Waals surface area contributed by atoms with Gasteiger partial charge in [-0.3, -0.25) is 0 Å². The van der Waals surface area contributed by atoms with Gasteiger partial charge in [0.2, 0.25) is 0 Å². The molecule has 0 spiro atoms. The Labute approximate surface area is 185 Å². The van der Waals surface area contributed by atoms with Crippen LogP contribution in [0.1, 0.15) is 11.4 Å². The second-order valence-corrected chi connectivity index (χ2v) is 9.46. The molecule has 0 aliphatic carbocycles. The number of rotatable bonds is 4. The molecule has 3 heterocycles. The van der Waals surface area contributed by atoms with Crippen LogP contribution in [0.5, 0.6) is 0 Å². The van der Waals surface area contributed by atoms with Crippen molar-refractivity contribution in [1.29, 1.82) is 0 Å². The van der Waals surface area contributed by atoms with E-state index in [-0.39, 0.29) is 10.7 Å². The Kier molecular flexibility index (Phi) is 4.71. The third-order valence-electron chi connectivity index (χ3n) is 5.55. The van der Waals surface area contributed by atoms with E-state index in [1.165, 1.54) is 16.1 Å². The number of aromatic nitrogens is 3. The van der Waals surface area contributed by atoms with Crippen LogP contribution in [-0.4, -0.2) is 22.0 Å². The summed E-state index contributed by atoms with van der Waals surface area (Å²) >= 11 is 0. The lowest BCUT2D eigenvalue weighted by atomic mass is 10.00. The monoisotopic (exact) mass is 445 g/mol. The van der Waals surface area contributed by atoms with Crippen molar-refractivity contribution in [3.8, 4) is 22.4 Å². The number of hydrogen-bond donors (Lipinski definition) is 0. The SMILES string of the molecule is Cc1ccc(C)n1S(=O)(=O)c1ccc(-c2c(-c3ccc(F)cc3)nn3ccccc23)cc1. The largest absolute Gasteiger partial charge is 0.268 e. The molecule has 0 bridgehead atoms. The normalized spacial score (nSPS) is 11.8. The number of nitrogens with zero attached hydrogens (tertiary/aromatic N) is 3. The zero-order valence-corrected chi connectivity index (χ0v) is 18.3. The minimum Gasteiger partial charge on any atom is -0.243 e. The van der Waals surface area contributed by atoms with E-state index in [4.69, 9.17) is 5.10 Å². The molecule has 3 aromatic heterocycles. The fourth-order valence-electron chi connectivity index (χ4n) is 4.03. The molecule has 160 valence electrons. The minimum atomic E-state index is -3.70. The summed E-state index contributed by atoms with van der Waals surface area (Å²) in [7, 11) is -3.70. The highest BCUT2D eigenvalue weighted by Gasteiger charge is 2.21. The highest BCUT2D eigenvalue weighted by molar-refractivity contribution is 7.90. The van der Waals surface area contributed by atoms with Crippen molar-refractivity contribution >= 4 is 15.5 Å². The molecule has 7 heteroatoms. The minimum absolute atomic E-state index is 0.212. The summed E-state index contributed by atoms with van der Waals surface area (Å²) in [4.78, 5) is 0.212. The molecule has 2 aromatic carbocycles. The molecular formula is C25H20FN3O2S. The zero-order valence-electron chi connectivity index (χ0n) is 17.5. The number of benzene rings is 2. The Balaban J connectivity index is 1.65. The molecule has 5 aromatic rings. The fourth-order valence-corrected chi connectivity index (χ4v) is 5.60. The average Bonchev–Trinajstić information content (AvgIpc) is 3.34. The van der Waals surface area contributed by atoms with Crippen molar-refractivity contribution in [1.82, 2.24) is 13.6 Å². The van der Waals surface area contributed by atoms with Gasteiger partial charge in [-0.05, 0) is 80.1 Å². The van der Waals surface area contributed by atoms with E-state index in [9.17, 15) is 12.8 Å². The molecule has 0 amide bonds. The van der Waals surface area contributed by atoms with E-state index in [2.05, 4.69) is 0 Å². The molecule has 0 radical (unpaired) electrons. The van der Waals surface area contributed by atoms with Crippen LogP contribution >= 0.6 is 0 Å². The highest BCUT2D eigenvalue weighted by atomic mass is 32.2. The number of pyridine rings is 1. The molecular weight excluding hydrogens is 425 g/mol. The first-order chi connectivity index (χ1) is 15.4. The van der Waals surface area contributed by atoms with Gasteiger partial charge in [0, 0.05) is 28.7 Å². The maximum Gasteiger partial charge on any atom is 0.268 e. The molecule has 0 unspecified atom stereocenters. The number of aryl methyl sites for hydroxylation is 2. The molecule has 0 fully saturated rings. The summed E-state index contributed by atoms with van der Waals surface area (Å²) in [5.74, 6) is -0.316. The Morgan fingerprint density at radius 1 is 0.781 bits per heavy atom. The van der Waals surface area contributed by atoms with Gasteiger partial charge in [0.25, 0.3) is 10.0 Å². The second kappa shape index (κ2) is 7.46. The van der Waals surface area contributed by atoms with Crippen LogP contribution < -0.4 is 0 Å². The third-order valence-corrected chi connectivity index (χ3v) is 7.47. The lowest BCUT2D eigenvalue weighted by Gasteiger charge is -2.11. The van der Waals surface area contributed by atoms with Gasteiger partial charge in [0.15, 0.2) is 0 Å². The predicted molar refractivity (Wildman–Crippen MR) is 123 cm³/mol. The molecule has 0 saturated heterocycles. The smallest absolute Gasteiger partial charge is 0.243 e. The molecule has 0 saturated carbocycles. The van der Waals surface area contributed by atoms with Crippen molar-refractivity contribution in [3.05, 3.63) is 102 Å². The van der Waals surface area contributed by atoms with E-state index < -0.39 is 10.0 Å². The van der Waals surface area contributed by atoms with Crippen molar-refractivity contribution in [2.24, 2.45) is 0 Å². The quantitative estimate of drug-likeness (QED) is 0.369. The van der Waals surface area contributed by atoms with Gasteiger partial charge in [-0.25, -0.2) is 21.3 Å². The zero-order chi connectivity index (χ0) is 22.5. The third kappa shape index (κ3) is 3.22. The lowest BCUT2D eigenvalue weighted by Crippen LogP contribution is -2.15. The summed E-state index contributed by atoms with van der Waals surface area (Å²) in [6, 6.07) is 22.3. The van der Waals surface area contributed by atoms with Crippen LogP contribution in [-0.2, 0) is 10.0 Å². The predicted octanol–water partition coefficient (Wildman–Crippen LogP) is 5.46. The molecule has 0 aliphatic heterocycles. The van der Waals surface area contributed by atoms with Crippen LogP contribution in [0.15, 0.2) is 90.0 Å². The van der Waals surface area contributed by atoms with Crippen molar-refractivity contribution in [2.45, 2.75) is 18.7 Å². The van der Waals surface area contributed by atoms with Crippen molar-refractivity contribution < 1.29 is 12.8 Å². The summed E-state index contributed by atoms with van der Waals surface area (Å²) in [6.45, 7) is 3.54. The van der Waals surface area contributed by atoms with Gasteiger partial charge in [0.05, 0.1) is 10.4 Å².